The molecule has 0 saturated carbocycles. The maximum absolute atomic E-state index is 14.1. The second-order valence-corrected chi connectivity index (χ2v) is 12.1. The van der Waals surface area contributed by atoms with Gasteiger partial charge in [-0.25, -0.2) is 8.78 Å². The molecule has 2 aromatic rings. The number of aliphatic hydroxyl groups excluding tert-OH is 1. The van der Waals surface area contributed by atoms with Gasteiger partial charge in [0, 0.05) is 31.1 Å². The minimum absolute atomic E-state index is 0.000288. The Hall–Kier alpha value is -3.34. The number of methoxy groups -OCH3 is 1. The summed E-state index contributed by atoms with van der Waals surface area (Å²) in [5.74, 6) is -1.31. The molecule has 2 bridgehead atoms. The first kappa shape index (κ1) is 32.1. The van der Waals surface area contributed by atoms with Crippen LogP contribution in [0.1, 0.15) is 74.3 Å². The number of carbonyl (C=O) groups excluding carboxylic acids is 2. The quantitative estimate of drug-likeness (QED) is 0.399. The van der Waals surface area contributed by atoms with Crippen LogP contribution in [0.4, 0.5) is 8.78 Å². The van der Waals surface area contributed by atoms with Crippen LogP contribution in [0.15, 0.2) is 48.6 Å². The van der Waals surface area contributed by atoms with Gasteiger partial charge in [-0.1, -0.05) is 38.0 Å². The number of nitrogens with zero attached hydrogens (tertiary/aromatic N) is 1. The molecule has 238 valence electrons. The van der Waals surface area contributed by atoms with Crippen LogP contribution in [0.25, 0.3) is 0 Å². The van der Waals surface area contributed by atoms with Crippen molar-refractivity contribution in [3.8, 4) is 5.75 Å². The second kappa shape index (κ2) is 14.6. The molecule has 0 spiro atoms. The number of ether oxygens (including phenoxy) is 2. The van der Waals surface area contributed by atoms with Crippen molar-refractivity contribution in [2.75, 3.05) is 26.8 Å². The summed E-state index contributed by atoms with van der Waals surface area (Å²) < 4.78 is 39.9. The summed E-state index contributed by atoms with van der Waals surface area (Å²) in [5, 5.41) is 17.8. The molecule has 10 heteroatoms. The van der Waals surface area contributed by atoms with Gasteiger partial charge in [0.15, 0.2) is 0 Å². The zero-order valence-electron chi connectivity index (χ0n) is 25.4. The number of nitrogens with one attached hydrogen (secondary N) is 2. The Kier molecular flexibility index (Phi) is 10.7. The van der Waals surface area contributed by atoms with Gasteiger partial charge in [0.1, 0.15) is 23.4 Å². The fraction of sp³-hybridized carbons (Fsp3) is 0.529. The summed E-state index contributed by atoms with van der Waals surface area (Å²) in [5.41, 5.74) is 2.36. The molecule has 2 aliphatic heterocycles. The van der Waals surface area contributed by atoms with Crippen LogP contribution in [0.2, 0.25) is 0 Å². The van der Waals surface area contributed by atoms with Crippen molar-refractivity contribution in [1.82, 2.24) is 15.5 Å². The first-order valence-corrected chi connectivity index (χ1v) is 15.7. The topological polar surface area (TPSA) is 100 Å². The average molecular weight is 612 g/mol. The smallest absolute Gasteiger partial charge is 0.243 e. The number of hydrogen-bond donors (Lipinski definition) is 3. The van der Waals surface area contributed by atoms with Gasteiger partial charge in [-0.15, -0.1) is 0 Å². The van der Waals surface area contributed by atoms with Crippen molar-refractivity contribution in [3.05, 3.63) is 76.9 Å². The van der Waals surface area contributed by atoms with Crippen LogP contribution in [0.5, 0.6) is 5.75 Å². The molecule has 6 atom stereocenters. The molecule has 3 N–H and O–H groups in total. The Morgan fingerprint density at radius 1 is 1.09 bits per heavy atom. The molecule has 1 aliphatic carbocycles. The SMILES string of the molecule is CCCC[C@H]1CCN([C@H]2C/C=C\CO[C@@H]3C[C@H](NC[C@@H](O)[C@H](Cc4cc(F)cc(F)c4)NC2=O)c2cc(OC)ccc23)C1=O. The Bertz CT molecular complexity index is 1330. The van der Waals surface area contributed by atoms with Crippen LogP contribution in [-0.2, 0) is 20.7 Å². The number of amides is 2. The third-order valence-electron chi connectivity index (χ3n) is 9.06. The van der Waals surface area contributed by atoms with Gasteiger partial charge < -0.3 is 30.1 Å². The minimum Gasteiger partial charge on any atom is -0.497 e. The fourth-order valence-electron chi connectivity index (χ4n) is 6.68. The fourth-order valence-corrected chi connectivity index (χ4v) is 6.68. The van der Waals surface area contributed by atoms with Crippen LogP contribution >= 0.6 is 0 Å². The molecule has 2 heterocycles. The minimum atomic E-state index is -1.10. The number of halogens is 2. The molecule has 44 heavy (non-hydrogen) atoms. The van der Waals surface area contributed by atoms with Crippen molar-refractivity contribution < 1.29 is 33.0 Å². The molecule has 3 aliphatic rings. The lowest BCUT2D eigenvalue weighted by Crippen LogP contribution is -2.55. The Morgan fingerprint density at radius 3 is 2.64 bits per heavy atom. The lowest BCUT2D eigenvalue weighted by atomic mass is 9.99. The number of unbranched alkanes of at least 4 members (excludes halogenated alkanes) is 1. The summed E-state index contributed by atoms with van der Waals surface area (Å²) in [7, 11) is 1.61. The van der Waals surface area contributed by atoms with Crippen molar-refractivity contribution >= 4 is 11.8 Å². The van der Waals surface area contributed by atoms with Crippen LogP contribution in [0.3, 0.4) is 0 Å². The lowest BCUT2D eigenvalue weighted by molar-refractivity contribution is -0.140. The summed E-state index contributed by atoms with van der Waals surface area (Å²) >= 11 is 0. The molecule has 0 aromatic heterocycles. The first-order chi connectivity index (χ1) is 21.3. The van der Waals surface area contributed by atoms with Gasteiger partial charge in [-0.05, 0) is 73.1 Å². The molecule has 8 nitrogen and oxygen atoms in total. The monoisotopic (exact) mass is 611 g/mol. The lowest BCUT2D eigenvalue weighted by Gasteiger charge is -2.31. The standard InChI is InChI=1S/C34H43F2N3O5/c1-3-4-7-22-11-12-39(34(22)42)30-8-5-6-13-44-32-19-28(27-18-25(43-2)9-10-26(27)32)37-20-31(40)29(38-33(30)41)16-21-14-23(35)17-24(36)15-21/h5-6,9-10,14-15,17-18,22,28-32,37,40H,3-4,7-8,11-13,16,19-20H2,1-2H3,(H,38,41)/b6-5-/t22-,28-,29-,30-,31+,32+/m0/s1. The molecule has 0 unspecified atom stereocenters. The first-order valence-electron chi connectivity index (χ1n) is 15.7. The number of rotatable bonds is 7. The van der Waals surface area contributed by atoms with Gasteiger partial charge in [-0.2, -0.15) is 0 Å². The van der Waals surface area contributed by atoms with E-state index in [1.54, 1.807) is 12.0 Å². The zero-order valence-corrected chi connectivity index (χ0v) is 25.4. The predicted octanol–water partition coefficient (Wildman–Crippen LogP) is 4.52. The number of benzene rings is 2. The summed E-state index contributed by atoms with van der Waals surface area (Å²) in [6.07, 6.45) is 6.79. The largest absolute Gasteiger partial charge is 0.497 e. The van der Waals surface area contributed by atoms with Gasteiger partial charge in [0.2, 0.25) is 11.8 Å². The van der Waals surface area contributed by atoms with Gasteiger partial charge >= 0.3 is 0 Å². The maximum Gasteiger partial charge on any atom is 0.243 e. The van der Waals surface area contributed by atoms with Crippen molar-refractivity contribution in [2.45, 2.75) is 82.2 Å². The zero-order chi connectivity index (χ0) is 31.2. The highest BCUT2D eigenvalue weighted by Crippen LogP contribution is 2.42. The van der Waals surface area contributed by atoms with Crippen molar-refractivity contribution in [2.24, 2.45) is 5.92 Å². The summed E-state index contributed by atoms with van der Waals surface area (Å²) in [4.78, 5) is 28.9. The highest BCUT2D eigenvalue weighted by Gasteiger charge is 2.39. The van der Waals surface area contributed by atoms with Crippen LogP contribution in [-0.4, -0.2) is 66.8 Å². The number of fused-ring (bicyclic) bond motifs is 5. The second-order valence-electron chi connectivity index (χ2n) is 12.1. The molecule has 2 aromatic carbocycles. The molecule has 1 fully saturated rings. The van der Waals surface area contributed by atoms with E-state index in [9.17, 15) is 23.5 Å². The predicted molar refractivity (Wildman–Crippen MR) is 162 cm³/mol. The van der Waals surface area contributed by atoms with Crippen LogP contribution in [0, 0.1) is 17.6 Å². The van der Waals surface area contributed by atoms with E-state index in [0.29, 0.717) is 37.3 Å². The van der Waals surface area contributed by atoms with E-state index in [4.69, 9.17) is 9.47 Å². The van der Waals surface area contributed by atoms with E-state index in [1.165, 1.54) is 12.1 Å². The molecule has 0 radical (unpaired) electrons. The highest BCUT2D eigenvalue weighted by molar-refractivity contribution is 5.90. The number of β-amino-alcohol motifs (C(OH)–C–C–N with tert-alkyl or cyclic N) is 1. The van der Waals surface area contributed by atoms with E-state index in [0.717, 1.165) is 36.5 Å². The number of hydrogen-bond acceptors (Lipinski definition) is 6. The molecule has 1 saturated heterocycles. The summed E-state index contributed by atoms with van der Waals surface area (Å²) in [6, 6.07) is 7.24. The Morgan fingerprint density at radius 2 is 1.89 bits per heavy atom. The van der Waals surface area contributed by atoms with Crippen molar-refractivity contribution in [3.63, 3.8) is 0 Å². The normalized spacial score (nSPS) is 28.6. The number of carbonyl (C=O) groups is 2. The third-order valence-corrected chi connectivity index (χ3v) is 9.06. The number of aliphatic hydroxyl groups is 1. The van der Waals surface area contributed by atoms with Gasteiger partial charge in [-0.3, -0.25) is 9.59 Å². The van der Waals surface area contributed by atoms with E-state index >= 15 is 0 Å². The molecular formula is C34H43F2N3O5. The van der Waals surface area contributed by atoms with Crippen molar-refractivity contribution in [1.29, 1.82) is 0 Å². The number of likely N-dealkylation sites (tertiary alicyclic amines) is 1. The van der Waals surface area contributed by atoms with Gasteiger partial charge in [0.25, 0.3) is 0 Å². The summed E-state index contributed by atoms with van der Waals surface area (Å²) in [6.45, 7) is 3.00. The van der Waals surface area contributed by atoms with E-state index in [2.05, 4.69) is 17.6 Å². The van der Waals surface area contributed by atoms with E-state index in [-0.39, 0.29) is 43.4 Å². The van der Waals surface area contributed by atoms with Gasteiger partial charge in [0.05, 0.1) is 32.0 Å². The van der Waals surface area contributed by atoms with Crippen LogP contribution < -0.4 is 15.4 Å². The Balaban J connectivity index is 1.43. The molecule has 5 rings (SSSR count). The third kappa shape index (κ3) is 7.47. The van der Waals surface area contributed by atoms with E-state index in [1.807, 2.05) is 30.4 Å². The molecule has 2 amide bonds. The maximum atomic E-state index is 14.1. The average Bonchev–Trinajstić information content (AvgIpc) is 3.53. The highest BCUT2D eigenvalue weighted by atomic mass is 19.1. The molecular weight excluding hydrogens is 568 g/mol. The van der Waals surface area contributed by atoms with E-state index < -0.39 is 35.7 Å². The Labute approximate surface area is 257 Å².